The van der Waals surface area contributed by atoms with Gasteiger partial charge in [-0.05, 0) is 61.3 Å². The summed E-state index contributed by atoms with van der Waals surface area (Å²) in [6.07, 6.45) is 2.88. The summed E-state index contributed by atoms with van der Waals surface area (Å²) in [5.74, 6) is -0.0697. The zero-order valence-corrected chi connectivity index (χ0v) is 17.1. The van der Waals surface area contributed by atoms with Gasteiger partial charge in [-0.1, -0.05) is 18.6 Å². The lowest BCUT2D eigenvalue weighted by molar-refractivity contribution is -0.128. The minimum absolute atomic E-state index is 0.00599. The van der Waals surface area contributed by atoms with Crippen LogP contribution >= 0.6 is 0 Å². The summed E-state index contributed by atoms with van der Waals surface area (Å²) >= 11 is 0. The number of hydrogen-bond donors (Lipinski definition) is 1. The van der Waals surface area contributed by atoms with Gasteiger partial charge in [-0.15, -0.1) is 0 Å². The van der Waals surface area contributed by atoms with Crippen LogP contribution < -0.4 is 10.1 Å². The van der Waals surface area contributed by atoms with E-state index in [0.29, 0.717) is 31.0 Å². The number of methoxy groups -OCH3 is 1. The van der Waals surface area contributed by atoms with Gasteiger partial charge in [0, 0.05) is 13.1 Å². The third-order valence-corrected chi connectivity index (χ3v) is 5.22. The molecule has 0 unspecified atom stereocenters. The normalized spacial score (nSPS) is 16.7. The Labute approximate surface area is 176 Å². The second-order valence-corrected chi connectivity index (χ2v) is 7.26. The van der Waals surface area contributed by atoms with Gasteiger partial charge in [-0.2, -0.15) is 0 Å². The molecule has 1 amide bonds. The molecule has 1 fully saturated rings. The van der Waals surface area contributed by atoms with Gasteiger partial charge >= 0.3 is 5.97 Å². The number of likely N-dealkylation sites (tertiary alicyclic amines) is 1. The van der Waals surface area contributed by atoms with Crippen molar-refractivity contribution in [1.82, 2.24) is 10.2 Å². The van der Waals surface area contributed by atoms with E-state index in [1.165, 1.54) is 19.2 Å². The molecule has 2 aromatic rings. The minimum Gasteiger partial charge on any atom is -0.492 e. The largest absolute Gasteiger partial charge is 0.492 e. The van der Waals surface area contributed by atoms with Gasteiger partial charge in [-0.3, -0.25) is 9.69 Å². The van der Waals surface area contributed by atoms with Crippen molar-refractivity contribution in [3.8, 4) is 5.75 Å². The predicted molar refractivity (Wildman–Crippen MR) is 111 cm³/mol. The van der Waals surface area contributed by atoms with Gasteiger partial charge < -0.3 is 14.8 Å². The molecule has 0 bridgehead atoms. The van der Waals surface area contributed by atoms with Gasteiger partial charge in [0.2, 0.25) is 5.91 Å². The molecule has 1 atom stereocenters. The molecule has 3 rings (SSSR count). The van der Waals surface area contributed by atoms with E-state index in [1.807, 2.05) is 12.1 Å². The quantitative estimate of drug-likeness (QED) is 0.672. The summed E-state index contributed by atoms with van der Waals surface area (Å²) < 4.78 is 23.4. The molecule has 1 saturated heterocycles. The van der Waals surface area contributed by atoms with Crippen molar-refractivity contribution in [1.29, 1.82) is 0 Å². The molecule has 6 nitrogen and oxygen atoms in total. The fourth-order valence-corrected chi connectivity index (χ4v) is 3.55. The molecule has 0 saturated carbocycles. The Hall–Kier alpha value is -2.93. The molecular weight excluding hydrogens is 387 g/mol. The molecule has 7 heteroatoms. The number of halogens is 1. The first-order valence-electron chi connectivity index (χ1n) is 10.1. The van der Waals surface area contributed by atoms with Crippen LogP contribution in [-0.4, -0.2) is 49.6 Å². The first-order chi connectivity index (χ1) is 14.6. The van der Waals surface area contributed by atoms with Crippen LogP contribution in [0.5, 0.6) is 5.75 Å². The number of nitrogens with zero attached hydrogens (tertiary/aromatic N) is 1. The van der Waals surface area contributed by atoms with Crippen molar-refractivity contribution < 1.29 is 23.5 Å². The number of esters is 1. The highest BCUT2D eigenvalue weighted by atomic mass is 19.1. The number of piperidine rings is 1. The maximum atomic E-state index is 13.0. The molecule has 0 radical (unpaired) electrons. The summed E-state index contributed by atoms with van der Waals surface area (Å²) in [5, 5.41) is 3.00. The molecule has 0 aromatic heterocycles. The number of carbonyl (C=O) groups excluding carboxylic acids is 2. The monoisotopic (exact) mass is 414 g/mol. The third-order valence-electron chi connectivity index (χ3n) is 5.22. The topological polar surface area (TPSA) is 67.9 Å². The Bertz CT molecular complexity index is 839. The van der Waals surface area contributed by atoms with E-state index in [9.17, 15) is 14.0 Å². The average molecular weight is 414 g/mol. The van der Waals surface area contributed by atoms with Crippen LogP contribution in [0.3, 0.4) is 0 Å². The van der Waals surface area contributed by atoms with Gasteiger partial charge in [0.05, 0.1) is 18.7 Å². The summed E-state index contributed by atoms with van der Waals surface area (Å²) in [6, 6.07) is 12.7. The molecule has 1 aliphatic rings. The van der Waals surface area contributed by atoms with Gasteiger partial charge in [0.1, 0.15) is 18.2 Å². The number of ether oxygens (including phenoxy) is 2. The second-order valence-electron chi connectivity index (χ2n) is 7.26. The molecule has 0 spiro atoms. The zero-order valence-electron chi connectivity index (χ0n) is 17.1. The molecule has 1 N–H and O–H groups in total. The average Bonchev–Trinajstić information content (AvgIpc) is 2.79. The van der Waals surface area contributed by atoms with Crippen LogP contribution in [0.1, 0.15) is 35.2 Å². The molecule has 0 aliphatic carbocycles. The number of benzene rings is 2. The van der Waals surface area contributed by atoms with Crippen LogP contribution in [0.25, 0.3) is 0 Å². The maximum absolute atomic E-state index is 13.0. The molecule has 2 aromatic carbocycles. The van der Waals surface area contributed by atoms with Crippen molar-refractivity contribution in [2.24, 2.45) is 0 Å². The van der Waals surface area contributed by atoms with E-state index < -0.39 is 0 Å². The Balaban J connectivity index is 1.49. The van der Waals surface area contributed by atoms with Crippen LogP contribution in [-0.2, 0) is 16.1 Å². The zero-order chi connectivity index (χ0) is 21.3. The van der Waals surface area contributed by atoms with Gasteiger partial charge in [0.15, 0.2) is 0 Å². The van der Waals surface area contributed by atoms with E-state index in [2.05, 4.69) is 10.2 Å². The van der Waals surface area contributed by atoms with E-state index in [4.69, 9.17) is 9.47 Å². The molecule has 160 valence electrons. The first-order valence-corrected chi connectivity index (χ1v) is 10.1. The maximum Gasteiger partial charge on any atom is 0.337 e. The van der Waals surface area contributed by atoms with Crippen LogP contribution in [0, 0.1) is 5.82 Å². The van der Waals surface area contributed by atoms with Crippen LogP contribution in [0.2, 0.25) is 0 Å². The SMILES string of the molecule is COC(=O)c1ccc(CNC(=O)[C@H]2CCCCN2CCOc2ccc(F)cc2)cc1. The van der Waals surface area contributed by atoms with Crippen molar-refractivity contribution in [2.45, 2.75) is 31.8 Å². The standard InChI is InChI=1S/C23H27FN2O4/c1-29-23(28)18-7-5-17(6-8-18)16-25-22(27)21-4-2-3-13-26(21)14-15-30-20-11-9-19(24)10-12-20/h5-12,21H,2-4,13-16H2,1H3,(H,25,27)/t21-/m1/s1. The smallest absolute Gasteiger partial charge is 0.337 e. The summed E-state index contributed by atoms with van der Waals surface area (Å²) in [6.45, 7) is 2.31. The summed E-state index contributed by atoms with van der Waals surface area (Å²) in [5.41, 5.74) is 1.39. The number of hydrogen-bond acceptors (Lipinski definition) is 5. The van der Waals surface area contributed by atoms with E-state index in [0.717, 1.165) is 31.4 Å². The molecule has 1 heterocycles. The van der Waals surface area contributed by atoms with Crippen molar-refractivity contribution in [3.63, 3.8) is 0 Å². The Morgan fingerprint density at radius 1 is 1.10 bits per heavy atom. The number of nitrogens with one attached hydrogen (secondary N) is 1. The third kappa shape index (κ3) is 6.03. The lowest BCUT2D eigenvalue weighted by Crippen LogP contribution is -2.50. The van der Waals surface area contributed by atoms with Crippen molar-refractivity contribution in [2.75, 3.05) is 26.8 Å². The molecule has 30 heavy (non-hydrogen) atoms. The van der Waals surface area contributed by atoms with E-state index in [-0.39, 0.29) is 23.7 Å². The van der Waals surface area contributed by atoms with Crippen molar-refractivity contribution >= 4 is 11.9 Å². The highest BCUT2D eigenvalue weighted by Gasteiger charge is 2.28. The minimum atomic E-state index is -0.383. The Morgan fingerprint density at radius 2 is 1.83 bits per heavy atom. The van der Waals surface area contributed by atoms with E-state index >= 15 is 0 Å². The van der Waals surface area contributed by atoms with Crippen LogP contribution in [0.15, 0.2) is 48.5 Å². The summed E-state index contributed by atoms with van der Waals surface area (Å²) in [7, 11) is 1.34. The molecular formula is C23H27FN2O4. The fourth-order valence-electron chi connectivity index (χ4n) is 3.55. The number of amides is 1. The lowest BCUT2D eigenvalue weighted by atomic mass is 10.0. The van der Waals surface area contributed by atoms with Gasteiger partial charge in [0.25, 0.3) is 0 Å². The van der Waals surface area contributed by atoms with Crippen LogP contribution in [0.4, 0.5) is 4.39 Å². The predicted octanol–water partition coefficient (Wildman–Crippen LogP) is 3.16. The number of rotatable bonds is 8. The lowest BCUT2D eigenvalue weighted by Gasteiger charge is -2.34. The highest BCUT2D eigenvalue weighted by molar-refractivity contribution is 5.89. The fraction of sp³-hybridized carbons (Fsp3) is 0.391. The molecule has 1 aliphatic heterocycles. The van der Waals surface area contributed by atoms with Crippen molar-refractivity contribution in [3.05, 3.63) is 65.5 Å². The van der Waals surface area contributed by atoms with Gasteiger partial charge in [-0.25, -0.2) is 9.18 Å². The highest BCUT2D eigenvalue weighted by Crippen LogP contribution is 2.18. The second kappa shape index (κ2) is 10.7. The Kier molecular flexibility index (Phi) is 7.79. The number of carbonyl (C=O) groups is 2. The Morgan fingerprint density at radius 3 is 2.53 bits per heavy atom. The first kappa shape index (κ1) is 21.8. The summed E-state index contributed by atoms with van der Waals surface area (Å²) in [4.78, 5) is 26.4. The van der Waals surface area contributed by atoms with E-state index in [1.54, 1.807) is 24.3 Å².